The fourth-order valence-corrected chi connectivity index (χ4v) is 4.90. The fourth-order valence-electron chi connectivity index (χ4n) is 4.90. The Kier molecular flexibility index (Phi) is 6.93. The maximum atomic E-state index is 14.6. The molecule has 2 fully saturated rings. The number of halogens is 3. The molecule has 0 unspecified atom stereocenters. The van der Waals surface area contributed by atoms with Crippen molar-refractivity contribution < 1.29 is 22.6 Å². The van der Waals surface area contributed by atoms with Crippen LogP contribution in [0.3, 0.4) is 0 Å². The quantitative estimate of drug-likeness (QED) is 0.504. The molecule has 27 heavy (non-hydrogen) atoms. The van der Waals surface area contributed by atoms with Gasteiger partial charge in [-0.1, -0.05) is 26.2 Å². The lowest BCUT2D eigenvalue weighted by Crippen LogP contribution is -2.38. The first-order valence-corrected chi connectivity index (χ1v) is 10.4. The van der Waals surface area contributed by atoms with Crippen LogP contribution in [0.4, 0.5) is 13.2 Å². The average Bonchev–Trinajstić information content (AvgIpc) is 2.70. The molecule has 0 heterocycles. The molecule has 0 atom stereocenters. The van der Waals surface area contributed by atoms with E-state index in [1.165, 1.54) is 56.4 Å². The van der Waals surface area contributed by atoms with Crippen molar-refractivity contribution in [3.05, 3.63) is 24.3 Å². The molecule has 1 aromatic rings. The minimum Gasteiger partial charge on any atom is -0.463 e. The van der Waals surface area contributed by atoms with Crippen molar-refractivity contribution in [1.82, 2.24) is 0 Å². The predicted octanol–water partition coefficient (Wildman–Crippen LogP) is 6.99. The van der Waals surface area contributed by atoms with E-state index >= 15 is 0 Å². The Morgan fingerprint density at radius 2 is 1.37 bits per heavy atom. The number of hydrogen-bond donors (Lipinski definition) is 0. The summed E-state index contributed by atoms with van der Waals surface area (Å²) in [7, 11) is 0. The van der Waals surface area contributed by atoms with Crippen LogP contribution in [0.2, 0.25) is 0 Å². The van der Waals surface area contributed by atoms with Crippen LogP contribution in [0.25, 0.3) is 0 Å². The molecule has 0 bridgehead atoms. The fraction of sp³-hybridized carbons (Fsp3) is 0.727. The van der Waals surface area contributed by atoms with Gasteiger partial charge in [-0.05, 0) is 80.5 Å². The zero-order valence-electron chi connectivity index (χ0n) is 16.1. The van der Waals surface area contributed by atoms with E-state index < -0.39 is 18.9 Å². The van der Waals surface area contributed by atoms with E-state index in [0.717, 1.165) is 24.7 Å². The smallest absolute Gasteiger partial charge is 0.400 e. The second kappa shape index (κ2) is 9.20. The highest BCUT2D eigenvalue weighted by atomic mass is 19.3. The maximum absolute atomic E-state index is 14.6. The van der Waals surface area contributed by atoms with Gasteiger partial charge in [0, 0.05) is 0 Å². The summed E-state index contributed by atoms with van der Waals surface area (Å²) in [4.78, 5) is 0. The normalized spacial score (nSPS) is 29.3. The second-order valence-corrected chi connectivity index (χ2v) is 8.19. The summed E-state index contributed by atoms with van der Waals surface area (Å²) >= 11 is 0. The summed E-state index contributed by atoms with van der Waals surface area (Å²) in [6.07, 6.45) is 6.07. The van der Waals surface area contributed by atoms with Gasteiger partial charge >= 0.3 is 6.11 Å². The van der Waals surface area contributed by atoms with Gasteiger partial charge in [-0.25, -0.2) is 4.39 Å². The van der Waals surface area contributed by atoms with Gasteiger partial charge in [0.1, 0.15) is 11.5 Å². The van der Waals surface area contributed by atoms with E-state index in [0.29, 0.717) is 24.5 Å². The lowest BCUT2D eigenvalue weighted by atomic mass is 9.69. The van der Waals surface area contributed by atoms with E-state index in [1.807, 2.05) is 0 Å². The second-order valence-electron chi connectivity index (χ2n) is 8.19. The number of hydrogen-bond acceptors (Lipinski definition) is 2. The lowest BCUT2D eigenvalue weighted by Gasteiger charge is -2.39. The van der Waals surface area contributed by atoms with Crippen LogP contribution in [0.1, 0.15) is 64.7 Å². The van der Waals surface area contributed by atoms with E-state index in [9.17, 15) is 13.2 Å². The number of benzene rings is 1. The van der Waals surface area contributed by atoms with Gasteiger partial charge in [-0.15, -0.1) is 0 Å². The van der Waals surface area contributed by atoms with Gasteiger partial charge in [-0.3, -0.25) is 0 Å². The number of alkyl halides is 3. The maximum Gasteiger partial charge on any atom is 0.400 e. The molecule has 0 aromatic heterocycles. The van der Waals surface area contributed by atoms with Crippen LogP contribution in [-0.4, -0.2) is 13.0 Å². The summed E-state index contributed by atoms with van der Waals surface area (Å²) in [5, 5.41) is 0. The summed E-state index contributed by atoms with van der Waals surface area (Å²) in [5.74, 6) is 1.86. The Morgan fingerprint density at radius 3 is 1.89 bits per heavy atom. The number of rotatable bonds is 7. The van der Waals surface area contributed by atoms with Crippen LogP contribution in [0, 0.1) is 23.7 Å². The zero-order chi connectivity index (χ0) is 19.3. The summed E-state index contributed by atoms with van der Waals surface area (Å²) in [6.45, 7) is 1.32. The largest absolute Gasteiger partial charge is 0.463 e. The van der Waals surface area contributed by atoms with Crippen molar-refractivity contribution >= 4 is 0 Å². The van der Waals surface area contributed by atoms with Gasteiger partial charge in [-0.2, -0.15) is 8.78 Å². The molecule has 0 saturated heterocycles. The molecule has 2 saturated carbocycles. The van der Waals surface area contributed by atoms with Crippen LogP contribution in [-0.2, 0) is 0 Å². The van der Waals surface area contributed by atoms with Gasteiger partial charge in [0.15, 0.2) is 0 Å². The first kappa shape index (κ1) is 20.3. The van der Waals surface area contributed by atoms with Crippen molar-refractivity contribution in [2.24, 2.45) is 23.7 Å². The highest BCUT2D eigenvalue weighted by Crippen LogP contribution is 2.45. The Bertz CT molecular complexity index is 559. The summed E-state index contributed by atoms with van der Waals surface area (Å²) in [5.41, 5.74) is 0. The molecule has 2 aliphatic rings. The minimum absolute atomic E-state index is 0.0891. The third-order valence-corrected chi connectivity index (χ3v) is 6.68. The highest BCUT2D eigenvalue weighted by molar-refractivity contribution is 5.31. The van der Waals surface area contributed by atoms with Gasteiger partial charge in [0.2, 0.25) is 6.86 Å². The van der Waals surface area contributed by atoms with E-state index in [-0.39, 0.29) is 5.75 Å². The monoisotopic (exact) mass is 384 g/mol. The molecule has 152 valence electrons. The third-order valence-electron chi connectivity index (χ3n) is 6.68. The van der Waals surface area contributed by atoms with Crippen molar-refractivity contribution in [2.45, 2.75) is 70.8 Å². The molecule has 1 aromatic carbocycles. The lowest BCUT2D eigenvalue weighted by molar-refractivity contribution is -0.224. The van der Waals surface area contributed by atoms with Crippen LogP contribution >= 0.6 is 0 Å². The molecule has 0 radical (unpaired) electrons. The molecular weight excluding hydrogens is 353 g/mol. The summed E-state index contributed by atoms with van der Waals surface area (Å²) in [6, 6.07) is 5.68. The first-order chi connectivity index (χ1) is 13.0. The van der Waals surface area contributed by atoms with Gasteiger partial charge < -0.3 is 9.47 Å². The zero-order valence-corrected chi connectivity index (χ0v) is 16.1. The Hall–Kier alpha value is -1.39. The standard InChI is InChI=1S/C22H31F3O2/c1-2-16-3-5-17(6-4-16)18-7-9-19(10-8-18)22(24,25)27-21-13-11-20(12-14-21)26-15-23/h11-14,16-19H,2-10,15H2,1H3. The van der Waals surface area contributed by atoms with Crippen LogP contribution < -0.4 is 9.47 Å². The van der Waals surface area contributed by atoms with E-state index in [1.54, 1.807) is 0 Å². The highest BCUT2D eigenvalue weighted by Gasteiger charge is 2.45. The Balaban J connectivity index is 1.49. The van der Waals surface area contributed by atoms with Gasteiger partial charge in [0.05, 0.1) is 5.92 Å². The van der Waals surface area contributed by atoms with E-state index in [2.05, 4.69) is 11.7 Å². The molecular formula is C22H31F3O2. The molecule has 0 aliphatic heterocycles. The molecule has 0 amide bonds. The summed E-state index contributed by atoms with van der Waals surface area (Å²) < 4.78 is 51.0. The van der Waals surface area contributed by atoms with Crippen LogP contribution in [0.15, 0.2) is 24.3 Å². The predicted molar refractivity (Wildman–Crippen MR) is 99.8 cm³/mol. The van der Waals surface area contributed by atoms with Crippen molar-refractivity contribution in [1.29, 1.82) is 0 Å². The number of ether oxygens (including phenoxy) is 2. The molecule has 5 heteroatoms. The van der Waals surface area contributed by atoms with E-state index in [4.69, 9.17) is 4.74 Å². The molecule has 0 N–H and O–H groups in total. The first-order valence-electron chi connectivity index (χ1n) is 10.4. The third kappa shape index (κ3) is 5.32. The van der Waals surface area contributed by atoms with Crippen LogP contribution in [0.5, 0.6) is 11.5 Å². The molecule has 2 aliphatic carbocycles. The van der Waals surface area contributed by atoms with Gasteiger partial charge in [0.25, 0.3) is 0 Å². The average molecular weight is 384 g/mol. The van der Waals surface area contributed by atoms with Crippen molar-refractivity contribution in [3.63, 3.8) is 0 Å². The SMILES string of the molecule is CCC1CCC(C2CCC(C(F)(F)Oc3ccc(OCF)cc3)CC2)CC1. The molecule has 0 spiro atoms. The Morgan fingerprint density at radius 1 is 0.852 bits per heavy atom. The van der Waals surface area contributed by atoms with Crippen molar-refractivity contribution in [2.75, 3.05) is 6.86 Å². The van der Waals surface area contributed by atoms with Crippen molar-refractivity contribution in [3.8, 4) is 11.5 Å². The molecule has 2 nitrogen and oxygen atoms in total. The molecule has 3 rings (SSSR count). The topological polar surface area (TPSA) is 18.5 Å². The Labute approximate surface area is 160 Å². The minimum atomic E-state index is -3.17.